The number of aromatic carboxylic acids is 1. The molecule has 1 amide bonds. The van der Waals surface area contributed by atoms with Gasteiger partial charge in [-0.05, 0) is 31.5 Å². The molecule has 1 aromatic heterocycles. The van der Waals surface area contributed by atoms with Crippen LogP contribution in [0.15, 0.2) is 18.2 Å². The van der Waals surface area contributed by atoms with Gasteiger partial charge in [-0.2, -0.15) is 0 Å². The second kappa shape index (κ2) is 5.16. The van der Waals surface area contributed by atoms with E-state index in [2.05, 4.69) is 10.3 Å². The molecule has 0 aliphatic rings. The summed E-state index contributed by atoms with van der Waals surface area (Å²) < 4.78 is 0. The molecule has 0 aliphatic carbocycles. The number of fused-ring (bicyclic) bond motifs is 1. The van der Waals surface area contributed by atoms with Crippen LogP contribution in [0.3, 0.4) is 0 Å². The average Bonchev–Trinajstić information content (AvgIpc) is 2.39. The summed E-state index contributed by atoms with van der Waals surface area (Å²) in [5.41, 5.74) is 0.766. The van der Waals surface area contributed by atoms with Crippen molar-refractivity contribution in [2.45, 2.75) is 13.8 Å². The SMILES string of the molecule is CCNC(=O)c1cc(C)c2ccc(C(=O)O)c(O)c2n1. The van der Waals surface area contributed by atoms with Crippen molar-refractivity contribution in [2.75, 3.05) is 6.54 Å². The molecule has 20 heavy (non-hydrogen) atoms. The smallest absolute Gasteiger partial charge is 0.339 e. The summed E-state index contributed by atoms with van der Waals surface area (Å²) in [6.45, 7) is 4.01. The Morgan fingerprint density at radius 1 is 1.35 bits per heavy atom. The molecule has 0 aliphatic heterocycles. The zero-order chi connectivity index (χ0) is 14.9. The molecule has 0 saturated heterocycles. The van der Waals surface area contributed by atoms with Crippen molar-refractivity contribution in [3.63, 3.8) is 0 Å². The molecule has 0 bridgehead atoms. The van der Waals surface area contributed by atoms with Gasteiger partial charge in [0.1, 0.15) is 16.8 Å². The van der Waals surface area contributed by atoms with Gasteiger partial charge in [0.2, 0.25) is 0 Å². The summed E-state index contributed by atoms with van der Waals surface area (Å²) in [5.74, 6) is -2.03. The van der Waals surface area contributed by atoms with E-state index in [1.807, 2.05) is 0 Å². The van der Waals surface area contributed by atoms with Crippen molar-refractivity contribution in [1.82, 2.24) is 10.3 Å². The number of nitrogens with zero attached hydrogens (tertiary/aromatic N) is 1. The molecule has 2 aromatic rings. The number of rotatable bonds is 3. The van der Waals surface area contributed by atoms with E-state index in [1.165, 1.54) is 6.07 Å². The lowest BCUT2D eigenvalue weighted by molar-refractivity contribution is 0.0693. The Morgan fingerprint density at radius 3 is 2.65 bits per heavy atom. The third kappa shape index (κ3) is 2.27. The summed E-state index contributed by atoms with van der Waals surface area (Å²) >= 11 is 0. The second-order valence-corrected chi connectivity index (χ2v) is 4.35. The predicted octanol–water partition coefficient (Wildman–Crippen LogP) is 1.70. The lowest BCUT2D eigenvalue weighted by Gasteiger charge is -2.09. The number of nitrogens with one attached hydrogen (secondary N) is 1. The molecule has 1 aromatic carbocycles. The maximum atomic E-state index is 11.8. The number of pyridine rings is 1. The van der Waals surface area contributed by atoms with Crippen LogP contribution in [-0.4, -0.2) is 33.6 Å². The van der Waals surface area contributed by atoms with Gasteiger partial charge in [0, 0.05) is 11.9 Å². The summed E-state index contributed by atoms with van der Waals surface area (Å²) in [7, 11) is 0. The van der Waals surface area contributed by atoms with Crippen LogP contribution >= 0.6 is 0 Å². The monoisotopic (exact) mass is 274 g/mol. The summed E-state index contributed by atoms with van der Waals surface area (Å²) in [6, 6.07) is 4.50. The quantitative estimate of drug-likeness (QED) is 0.791. The molecule has 2 rings (SSSR count). The fraction of sp³-hybridized carbons (Fsp3) is 0.214. The van der Waals surface area contributed by atoms with Gasteiger partial charge in [0.15, 0.2) is 5.75 Å². The van der Waals surface area contributed by atoms with Crippen LogP contribution in [0.5, 0.6) is 5.75 Å². The van der Waals surface area contributed by atoms with Crippen LogP contribution in [0, 0.1) is 6.92 Å². The molecule has 0 saturated carbocycles. The lowest BCUT2D eigenvalue weighted by Crippen LogP contribution is -2.23. The Balaban J connectivity index is 2.70. The molecule has 0 atom stereocenters. The molecular formula is C14H14N2O4. The maximum Gasteiger partial charge on any atom is 0.339 e. The minimum atomic E-state index is -1.24. The van der Waals surface area contributed by atoms with Gasteiger partial charge < -0.3 is 15.5 Å². The van der Waals surface area contributed by atoms with Crippen molar-refractivity contribution in [3.8, 4) is 5.75 Å². The first-order valence-electron chi connectivity index (χ1n) is 6.10. The number of hydrogen-bond donors (Lipinski definition) is 3. The molecule has 6 nitrogen and oxygen atoms in total. The summed E-state index contributed by atoms with van der Waals surface area (Å²) in [5, 5.41) is 22.2. The van der Waals surface area contributed by atoms with Crippen LogP contribution < -0.4 is 5.32 Å². The van der Waals surface area contributed by atoms with Crippen molar-refractivity contribution in [3.05, 3.63) is 35.0 Å². The molecule has 3 N–H and O–H groups in total. The minimum absolute atomic E-state index is 0.117. The Kier molecular flexibility index (Phi) is 3.56. The van der Waals surface area contributed by atoms with Gasteiger partial charge in [-0.1, -0.05) is 6.07 Å². The van der Waals surface area contributed by atoms with Gasteiger partial charge in [0.25, 0.3) is 5.91 Å². The second-order valence-electron chi connectivity index (χ2n) is 4.35. The van der Waals surface area contributed by atoms with Crippen molar-refractivity contribution in [1.29, 1.82) is 0 Å². The largest absolute Gasteiger partial charge is 0.505 e. The number of carboxylic acids is 1. The van der Waals surface area contributed by atoms with Gasteiger partial charge in [-0.25, -0.2) is 9.78 Å². The Hall–Kier alpha value is -2.63. The van der Waals surface area contributed by atoms with Crippen LogP contribution in [-0.2, 0) is 0 Å². The highest BCUT2D eigenvalue weighted by Gasteiger charge is 2.17. The van der Waals surface area contributed by atoms with Crippen molar-refractivity contribution < 1.29 is 19.8 Å². The Morgan fingerprint density at radius 2 is 2.05 bits per heavy atom. The molecule has 104 valence electrons. The van der Waals surface area contributed by atoms with Crippen LogP contribution in [0.2, 0.25) is 0 Å². The number of aromatic nitrogens is 1. The molecule has 1 heterocycles. The number of benzene rings is 1. The highest BCUT2D eigenvalue weighted by molar-refractivity contribution is 6.02. The highest BCUT2D eigenvalue weighted by Crippen LogP contribution is 2.29. The van der Waals surface area contributed by atoms with Crippen molar-refractivity contribution in [2.24, 2.45) is 0 Å². The van der Waals surface area contributed by atoms with Gasteiger partial charge in [-0.15, -0.1) is 0 Å². The maximum absolute atomic E-state index is 11.8. The van der Waals surface area contributed by atoms with Gasteiger partial charge in [-0.3, -0.25) is 4.79 Å². The van der Waals surface area contributed by atoms with E-state index < -0.39 is 11.7 Å². The molecule has 6 heteroatoms. The first-order chi connectivity index (χ1) is 9.45. The summed E-state index contributed by atoms with van der Waals surface area (Å²) in [4.78, 5) is 26.9. The third-order valence-electron chi connectivity index (χ3n) is 2.96. The number of aryl methyl sites for hydroxylation is 1. The number of amides is 1. The highest BCUT2D eigenvalue weighted by atomic mass is 16.4. The standard InChI is InChI=1S/C14H14N2O4/c1-3-15-13(18)10-6-7(2)8-4-5-9(14(19)20)12(17)11(8)16-10/h4-6,17H,3H2,1-2H3,(H,15,18)(H,19,20). The van der Waals surface area contributed by atoms with Gasteiger partial charge >= 0.3 is 5.97 Å². The molecule has 0 unspecified atom stereocenters. The number of aromatic hydroxyl groups is 1. The zero-order valence-electron chi connectivity index (χ0n) is 11.1. The number of phenols is 1. The fourth-order valence-corrected chi connectivity index (χ4v) is 1.99. The molecule has 0 fully saturated rings. The minimum Gasteiger partial charge on any atom is -0.505 e. The van der Waals surface area contributed by atoms with Crippen LogP contribution in [0.4, 0.5) is 0 Å². The predicted molar refractivity (Wildman–Crippen MR) is 73.1 cm³/mol. The number of hydrogen-bond acceptors (Lipinski definition) is 4. The first kappa shape index (κ1) is 13.8. The normalized spacial score (nSPS) is 10.5. The van der Waals surface area contributed by atoms with Crippen molar-refractivity contribution >= 4 is 22.8 Å². The van der Waals surface area contributed by atoms with E-state index in [0.717, 1.165) is 5.56 Å². The molecular weight excluding hydrogens is 260 g/mol. The number of carbonyl (C=O) groups is 2. The van der Waals surface area contributed by atoms with Crippen LogP contribution in [0.25, 0.3) is 10.9 Å². The van der Waals surface area contributed by atoms with E-state index in [0.29, 0.717) is 11.9 Å². The topological polar surface area (TPSA) is 99.5 Å². The zero-order valence-corrected chi connectivity index (χ0v) is 11.1. The van der Waals surface area contributed by atoms with E-state index in [1.54, 1.807) is 26.0 Å². The Bertz CT molecular complexity index is 710. The number of carboxylic acid groups (broad SMARTS) is 1. The van der Waals surface area contributed by atoms with E-state index in [9.17, 15) is 14.7 Å². The Labute approximate surface area is 115 Å². The van der Waals surface area contributed by atoms with E-state index in [-0.39, 0.29) is 22.7 Å². The van der Waals surface area contributed by atoms with E-state index in [4.69, 9.17) is 5.11 Å². The third-order valence-corrected chi connectivity index (χ3v) is 2.96. The molecule has 0 spiro atoms. The molecule has 0 radical (unpaired) electrons. The fourth-order valence-electron chi connectivity index (χ4n) is 1.99. The average molecular weight is 274 g/mol. The van der Waals surface area contributed by atoms with Gasteiger partial charge in [0.05, 0.1) is 0 Å². The first-order valence-corrected chi connectivity index (χ1v) is 6.10. The van der Waals surface area contributed by atoms with Crippen LogP contribution in [0.1, 0.15) is 33.3 Å². The lowest BCUT2D eigenvalue weighted by atomic mass is 10.0. The number of carbonyl (C=O) groups excluding carboxylic acids is 1. The summed E-state index contributed by atoms with van der Waals surface area (Å²) in [6.07, 6.45) is 0. The van der Waals surface area contributed by atoms with E-state index >= 15 is 0 Å².